The third-order valence-electron chi connectivity index (χ3n) is 3.66. The van der Waals surface area contributed by atoms with Gasteiger partial charge in [0.25, 0.3) is 0 Å². The van der Waals surface area contributed by atoms with Crippen molar-refractivity contribution in [3.05, 3.63) is 35.9 Å². The van der Waals surface area contributed by atoms with Crippen LogP contribution in [0.15, 0.2) is 30.3 Å². The smallest absolute Gasteiger partial charge is 0.0140 e. The third-order valence-corrected chi connectivity index (χ3v) is 3.66. The lowest BCUT2D eigenvalue weighted by Crippen LogP contribution is -1.99. The van der Waals surface area contributed by atoms with Gasteiger partial charge < -0.3 is 4.90 Å². The van der Waals surface area contributed by atoms with E-state index in [1.54, 1.807) is 0 Å². The van der Waals surface area contributed by atoms with E-state index in [9.17, 15) is 0 Å². The molecule has 1 aromatic carbocycles. The van der Waals surface area contributed by atoms with Crippen molar-refractivity contribution in [2.24, 2.45) is 0 Å². The highest BCUT2D eigenvalue weighted by Crippen LogP contribution is 2.12. The SMILES string of the molecule is CCCCCCCCCCCCc1ccccc1.CN(C)C. The molecule has 0 aromatic heterocycles. The van der Waals surface area contributed by atoms with E-state index in [4.69, 9.17) is 0 Å². The standard InChI is InChI=1S/C18H30.C3H9N/c1-2-3-4-5-6-7-8-9-10-12-15-18-16-13-11-14-17-18;1-4(2)3/h11,13-14,16-17H,2-10,12,15H2,1H3;1-3H3. The summed E-state index contributed by atoms with van der Waals surface area (Å²) in [5, 5.41) is 0. The number of rotatable bonds is 11. The number of benzene rings is 1. The molecule has 0 saturated carbocycles. The molecule has 0 saturated heterocycles. The number of hydrogen-bond acceptors (Lipinski definition) is 1. The topological polar surface area (TPSA) is 3.24 Å². The molecule has 0 fully saturated rings. The van der Waals surface area contributed by atoms with Gasteiger partial charge in [-0.1, -0.05) is 95.0 Å². The Bertz CT molecular complexity index is 302. The fraction of sp³-hybridized carbons (Fsp3) is 0.714. The first-order valence-electron chi connectivity index (χ1n) is 9.31. The summed E-state index contributed by atoms with van der Waals surface area (Å²) in [5.41, 5.74) is 1.50. The highest BCUT2D eigenvalue weighted by molar-refractivity contribution is 5.14. The fourth-order valence-corrected chi connectivity index (χ4v) is 2.46. The Hall–Kier alpha value is -0.820. The monoisotopic (exact) mass is 305 g/mol. The Labute approximate surface area is 140 Å². The zero-order valence-electron chi connectivity index (χ0n) is 15.6. The van der Waals surface area contributed by atoms with Gasteiger partial charge in [-0.05, 0) is 39.5 Å². The molecule has 0 heterocycles. The number of unbranched alkanes of at least 4 members (excludes halogenated alkanes) is 9. The van der Waals surface area contributed by atoms with Crippen molar-refractivity contribution in [1.82, 2.24) is 4.90 Å². The first-order valence-corrected chi connectivity index (χ1v) is 9.31. The van der Waals surface area contributed by atoms with Crippen molar-refractivity contribution >= 4 is 0 Å². The van der Waals surface area contributed by atoms with Crippen LogP contribution in [-0.4, -0.2) is 26.0 Å². The average Bonchev–Trinajstić information content (AvgIpc) is 2.50. The predicted octanol–water partition coefficient (Wildman–Crippen LogP) is 6.33. The van der Waals surface area contributed by atoms with Crippen LogP contribution in [0.5, 0.6) is 0 Å². The second-order valence-corrected chi connectivity index (χ2v) is 6.76. The van der Waals surface area contributed by atoms with Crippen molar-refractivity contribution in [1.29, 1.82) is 0 Å². The second-order valence-electron chi connectivity index (χ2n) is 6.76. The van der Waals surface area contributed by atoms with Crippen LogP contribution >= 0.6 is 0 Å². The van der Waals surface area contributed by atoms with Gasteiger partial charge in [-0.25, -0.2) is 0 Å². The van der Waals surface area contributed by atoms with E-state index in [0.29, 0.717) is 0 Å². The first-order chi connectivity index (χ1) is 10.7. The molecular formula is C21H39N. The quantitative estimate of drug-likeness (QED) is 0.432. The molecule has 0 unspecified atom stereocenters. The molecule has 1 heteroatoms. The van der Waals surface area contributed by atoms with Crippen LogP contribution in [0, 0.1) is 0 Å². The van der Waals surface area contributed by atoms with E-state index in [2.05, 4.69) is 37.3 Å². The summed E-state index contributed by atoms with van der Waals surface area (Å²) >= 11 is 0. The average molecular weight is 306 g/mol. The maximum absolute atomic E-state index is 2.28. The molecule has 1 rings (SSSR count). The van der Waals surface area contributed by atoms with E-state index in [0.717, 1.165) is 0 Å². The normalized spacial score (nSPS) is 10.4. The van der Waals surface area contributed by atoms with Gasteiger partial charge >= 0.3 is 0 Å². The molecule has 0 N–H and O–H groups in total. The Kier molecular flexibility index (Phi) is 15.9. The van der Waals surface area contributed by atoms with Crippen LogP contribution in [0.1, 0.15) is 76.7 Å². The lowest BCUT2D eigenvalue weighted by atomic mass is 10.0. The second kappa shape index (κ2) is 16.5. The summed E-state index contributed by atoms with van der Waals surface area (Å²) in [5.74, 6) is 0. The Balaban J connectivity index is 0.000000980. The highest BCUT2D eigenvalue weighted by Gasteiger charge is 1.94. The van der Waals surface area contributed by atoms with Gasteiger partial charge in [0.05, 0.1) is 0 Å². The van der Waals surface area contributed by atoms with Gasteiger partial charge in [0.15, 0.2) is 0 Å². The zero-order valence-corrected chi connectivity index (χ0v) is 15.6. The minimum Gasteiger partial charge on any atom is -0.312 e. The van der Waals surface area contributed by atoms with Crippen molar-refractivity contribution in [2.75, 3.05) is 21.1 Å². The zero-order chi connectivity index (χ0) is 16.5. The molecule has 0 amide bonds. The maximum Gasteiger partial charge on any atom is -0.0140 e. The fourth-order valence-electron chi connectivity index (χ4n) is 2.46. The van der Waals surface area contributed by atoms with Gasteiger partial charge in [0, 0.05) is 0 Å². The van der Waals surface area contributed by atoms with Crippen LogP contribution < -0.4 is 0 Å². The van der Waals surface area contributed by atoms with E-state index in [-0.39, 0.29) is 0 Å². The summed E-state index contributed by atoms with van der Waals surface area (Å²) in [6.07, 6.45) is 15.5. The Morgan fingerprint density at radius 2 is 1.05 bits per heavy atom. The molecule has 0 atom stereocenters. The summed E-state index contributed by atoms with van der Waals surface area (Å²) < 4.78 is 0. The molecule has 1 aromatic rings. The summed E-state index contributed by atoms with van der Waals surface area (Å²) in [7, 11) is 6.00. The first kappa shape index (κ1) is 21.2. The van der Waals surface area contributed by atoms with Crippen LogP contribution in [-0.2, 0) is 6.42 Å². The molecule has 0 aliphatic carbocycles. The third kappa shape index (κ3) is 17.2. The minimum absolute atomic E-state index is 1.26. The molecule has 0 spiro atoms. The Morgan fingerprint density at radius 3 is 1.50 bits per heavy atom. The lowest BCUT2D eigenvalue weighted by molar-refractivity contribution is 0.505. The molecular weight excluding hydrogens is 266 g/mol. The molecule has 0 aliphatic rings. The molecule has 1 nitrogen and oxygen atoms in total. The summed E-state index contributed by atoms with van der Waals surface area (Å²) in [6.45, 7) is 2.28. The molecule has 128 valence electrons. The van der Waals surface area contributed by atoms with Crippen molar-refractivity contribution in [3.63, 3.8) is 0 Å². The lowest BCUT2D eigenvalue weighted by Gasteiger charge is -2.03. The van der Waals surface area contributed by atoms with Gasteiger partial charge in [-0.3, -0.25) is 0 Å². The van der Waals surface area contributed by atoms with Gasteiger partial charge in [0.2, 0.25) is 0 Å². The number of hydrogen-bond donors (Lipinski definition) is 0. The minimum atomic E-state index is 1.26. The summed E-state index contributed by atoms with van der Waals surface area (Å²) in [4.78, 5) is 2.00. The van der Waals surface area contributed by atoms with Crippen molar-refractivity contribution in [2.45, 2.75) is 77.6 Å². The highest BCUT2D eigenvalue weighted by atomic mass is 15.0. The van der Waals surface area contributed by atoms with E-state index >= 15 is 0 Å². The molecule has 22 heavy (non-hydrogen) atoms. The van der Waals surface area contributed by atoms with Crippen LogP contribution in [0.3, 0.4) is 0 Å². The van der Waals surface area contributed by atoms with E-state index < -0.39 is 0 Å². The largest absolute Gasteiger partial charge is 0.312 e. The van der Waals surface area contributed by atoms with Gasteiger partial charge in [-0.2, -0.15) is 0 Å². The van der Waals surface area contributed by atoms with Crippen molar-refractivity contribution < 1.29 is 0 Å². The van der Waals surface area contributed by atoms with Crippen LogP contribution in [0.2, 0.25) is 0 Å². The van der Waals surface area contributed by atoms with Gasteiger partial charge in [0.1, 0.15) is 0 Å². The number of aryl methyl sites for hydroxylation is 1. The van der Waals surface area contributed by atoms with E-state index in [1.807, 2.05) is 26.0 Å². The van der Waals surface area contributed by atoms with E-state index in [1.165, 1.54) is 76.2 Å². The molecule has 0 radical (unpaired) electrons. The van der Waals surface area contributed by atoms with Gasteiger partial charge in [-0.15, -0.1) is 0 Å². The van der Waals surface area contributed by atoms with Crippen LogP contribution in [0.4, 0.5) is 0 Å². The summed E-state index contributed by atoms with van der Waals surface area (Å²) in [6, 6.07) is 10.9. The molecule has 0 bridgehead atoms. The van der Waals surface area contributed by atoms with Crippen LogP contribution in [0.25, 0.3) is 0 Å². The Morgan fingerprint density at radius 1 is 0.636 bits per heavy atom. The number of nitrogens with zero attached hydrogens (tertiary/aromatic N) is 1. The predicted molar refractivity (Wildman–Crippen MR) is 102 cm³/mol. The molecule has 0 aliphatic heterocycles. The van der Waals surface area contributed by atoms with Crippen molar-refractivity contribution in [3.8, 4) is 0 Å². The maximum atomic E-state index is 2.28.